The molecule has 1 saturated heterocycles. The van der Waals surface area contributed by atoms with Crippen LogP contribution in [0.15, 0.2) is 52.8 Å². The number of carbonyl (C=O) groups excluding carboxylic acids is 3. The zero-order valence-corrected chi connectivity index (χ0v) is 17.6. The van der Waals surface area contributed by atoms with Crippen molar-refractivity contribution in [3.05, 3.63) is 42.5 Å². The van der Waals surface area contributed by atoms with E-state index >= 15 is 0 Å². The van der Waals surface area contributed by atoms with E-state index in [4.69, 9.17) is 14.2 Å². The van der Waals surface area contributed by atoms with Crippen molar-refractivity contribution in [2.24, 2.45) is 10.3 Å². The number of ether oxygens (including phenoxy) is 3. The Labute approximate surface area is 183 Å². The van der Waals surface area contributed by atoms with E-state index in [0.717, 1.165) is 4.90 Å². The molecule has 2 aliphatic heterocycles. The smallest absolute Gasteiger partial charge is 0.263 e. The lowest BCUT2D eigenvalue weighted by atomic mass is 10.1. The summed E-state index contributed by atoms with van der Waals surface area (Å²) in [5.41, 5.74) is 0.883. The molecule has 2 aromatic carbocycles. The van der Waals surface area contributed by atoms with Crippen LogP contribution in [0.4, 0.5) is 11.4 Å². The third-order valence-electron chi connectivity index (χ3n) is 5.16. The van der Waals surface area contributed by atoms with Crippen LogP contribution >= 0.6 is 0 Å². The fourth-order valence-electron chi connectivity index (χ4n) is 3.60. The molecule has 0 saturated carbocycles. The number of methoxy groups -OCH3 is 3. The molecular weight excluding hydrogens is 418 g/mol. The average Bonchev–Trinajstić information content (AvgIpc) is 3.32. The number of fused-ring (bicyclic) bond motifs is 1. The third kappa shape index (κ3) is 3.68. The highest BCUT2D eigenvalue weighted by Gasteiger charge is 2.55. The van der Waals surface area contributed by atoms with Crippen LogP contribution in [0, 0.1) is 0 Å². The van der Waals surface area contributed by atoms with Gasteiger partial charge >= 0.3 is 0 Å². The largest absolute Gasteiger partial charge is 0.497 e. The molecule has 11 nitrogen and oxygen atoms in total. The molecule has 2 atom stereocenters. The molecular formula is C21H21N5O6. The zero-order chi connectivity index (χ0) is 22.8. The van der Waals surface area contributed by atoms with Gasteiger partial charge in [-0.15, -0.1) is 0 Å². The minimum atomic E-state index is -0.988. The van der Waals surface area contributed by atoms with Gasteiger partial charge in [0.1, 0.15) is 12.3 Å². The summed E-state index contributed by atoms with van der Waals surface area (Å²) in [5, 5.41) is 11.8. The van der Waals surface area contributed by atoms with Gasteiger partial charge in [-0.25, -0.2) is 4.90 Å². The van der Waals surface area contributed by atoms with Gasteiger partial charge in [-0.1, -0.05) is 5.22 Å². The van der Waals surface area contributed by atoms with Crippen molar-refractivity contribution < 1.29 is 28.6 Å². The first-order valence-corrected chi connectivity index (χ1v) is 9.68. The second kappa shape index (κ2) is 8.53. The molecule has 4 rings (SSSR count). The molecule has 166 valence electrons. The minimum absolute atomic E-state index is 0.255. The molecule has 1 N–H and O–H groups in total. The number of hydrogen-bond acceptors (Lipinski definition) is 9. The van der Waals surface area contributed by atoms with Crippen LogP contribution in [-0.4, -0.2) is 62.7 Å². The molecule has 2 heterocycles. The normalized spacial score (nSPS) is 19.2. The summed E-state index contributed by atoms with van der Waals surface area (Å²) in [5.74, 6) is 0.167. The van der Waals surface area contributed by atoms with Crippen molar-refractivity contribution in [3.63, 3.8) is 0 Å². The first kappa shape index (κ1) is 21.1. The summed E-state index contributed by atoms with van der Waals surface area (Å²) < 4.78 is 15.5. The quantitative estimate of drug-likeness (QED) is 0.651. The molecule has 0 spiro atoms. The van der Waals surface area contributed by atoms with Gasteiger partial charge in [0.15, 0.2) is 23.6 Å². The van der Waals surface area contributed by atoms with Crippen molar-refractivity contribution in [2.45, 2.75) is 12.1 Å². The zero-order valence-electron chi connectivity index (χ0n) is 17.6. The first-order valence-electron chi connectivity index (χ1n) is 9.68. The molecule has 1 fully saturated rings. The Morgan fingerprint density at radius 2 is 1.69 bits per heavy atom. The highest BCUT2D eigenvalue weighted by molar-refractivity contribution is 6.25. The topological polar surface area (TPSA) is 122 Å². The maximum atomic E-state index is 13.0. The van der Waals surface area contributed by atoms with Gasteiger partial charge in [-0.05, 0) is 36.4 Å². The van der Waals surface area contributed by atoms with Crippen LogP contribution in [0.5, 0.6) is 17.2 Å². The lowest BCUT2D eigenvalue weighted by Crippen LogP contribution is -2.43. The number of amides is 3. The molecule has 3 amide bonds. The van der Waals surface area contributed by atoms with Gasteiger partial charge in [0.05, 0.1) is 27.0 Å². The first-order chi connectivity index (χ1) is 15.5. The lowest BCUT2D eigenvalue weighted by Gasteiger charge is -2.20. The van der Waals surface area contributed by atoms with Gasteiger partial charge in [-0.3, -0.25) is 19.4 Å². The second-order valence-electron chi connectivity index (χ2n) is 7.02. The molecule has 2 aliphatic rings. The van der Waals surface area contributed by atoms with Crippen LogP contribution in [0.2, 0.25) is 0 Å². The Morgan fingerprint density at radius 3 is 2.34 bits per heavy atom. The summed E-state index contributed by atoms with van der Waals surface area (Å²) in [6.45, 7) is -0.255. The minimum Gasteiger partial charge on any atom is -0.497 e. The maximum Gasteiger partial charge on any atom is 0.263 e. The average molecular weight is 439 g/mol. The summed E-state index contributed by atoms with van der Waals surface area (Å²) in [4.78, 5) is 39.4. The highest BCUT2D eigenvalue weighted by Crippen LogP contribution is 2.33. The molecule has 2 aromatic rings. The van der Waals surface area contributed by atoms with E-state index in [9.17, 15) is 14.4 Å². The molecule has 0 aromatic heterocycles. The van der Waals surface area contributed by atoms with E-state index in [2.05, 4.69) is 15.7 Å². The summed E-state index contributed by atoms with van der Waals surface area (Å²) >= 11 is 0. The molecule has 32 heavy (non-hydrogen) atoms. The number of rotatable bonds is 7. The number of anilines is 2. The summed E-state index contributed by atoms with van der Waals surface area (Å²) in [7, 11) is 4.53. The van der Waals surface area contributed by atoms with E-state index in [1.54, 1.807) is 42.5 Å². The predicted octanol–water partition coefficient (Wildman–Crippen LogP) is 1.64. The Bertz CT molecular complexity index is 1090. The van der Waals surface area contributed by atoms with Crippen molar-refractivity contribution in [3.8, 4) is 17.2 Å². The van der Waals surface area contributed by atoms with Gasteiger partial charge in [0.2, 0.25) is 5.91 Å². The number of imide groups is 1. The standard InChI is InChI=1S/C21H21N5O6/c1-30-14-7-5-13(6-8-14)26-20(28)18-19(21(26)29)25(24-23-18)11-17(27)22-12-4-9-15(31-2)16(10-12)32-3/h4-10,18-19H,11H2,1-3H3,(H,22,27)/t18-,19+/m0/s1. The van der Waals surface area contributed by atoms with E-state index in [1.165, 1.54) is 26.3 Å². The summed E-state index contributed by atoms with van der Waals surface area (Å²) in [6.07, 6.45) is 0. The fourth-order valence-corrected chi connectivity index (χ4v) is 3.60. The molecule has 0 aliphatic carbocycles. The van der Waals surface area contributed by atoms with Crippen LogP contribution in [-0.2, 0) is 14.4 Å². The van der Waals surface area contributed by atoms with Gasteiger partial charge in [-0.2, -0.15) is 5.11 Å². The molecule has 0 unspecified atom stereocenters. The number of benzene rings is 2. The Balaban J connectivity index is 1.46. The van der Waals surface area contributed by atoms with E-state index < -0.39 is 29.8 Å². The highest BCUT2D eigenvalue weighted by atomic mass is 16.5. The van der Waals surface area contributed by atoms with Crippen LogP contribution in [0.1, 0.15) is 0 Å². The van der Waals surface area contributed by atoms with Crippen molar-refractivity contribution >= 4 is 29.1 Å². The second-order valence-corrected chi connectivity index (χ2v) is 7.02. The number of carbonyl (C=O) groups is 3. The molecule has 0 bridgehead atoms. The third-order valence-corrected chi connectivity index (χ3v) is 5.16. The van der Waals surface area contributed by atoms with E-state index in [0.29, 0.717) is 28.6 Å². The van der Waals surface area contributed by atoms with E-state index in [1.807, 2.05) is 0 Å². The van der Waals surface area contributed by atoms with Gasteiger partial charge < -0.3 is 19.5 Å². The van der Waals surface area contributed by atoms with Crippen molar-refractivity contribution in [2.75, 3.05) is 38.1 Å². The number of nitrogens with one attached hydrogen (secondary N) is 1. The Morgan fingerprint density at radius 1 is 0.969 bits per heavy atom. The Hall–Kier alpha value is -4.15. The van der Waals surface area contributed by atoms with Gasteiger partial charge in [0.25, 0.3) is 11.8 Å². The van der Waals surface area contributed by atoms with Crippen molar-refractivity contribution in [1.29, 1.82) is 0 Å². The molecule has 0 radical (unpaired) electrons. The monoisotopic (exact) mass is 439 g/mol. The van der Waals surface area contributed by atoms with Crippen LogP contribution in [0.25, 0.3) is 0 Å². The number of hydrogen-bond donors (Lipinski definition) is 1. The maximum absolute atomic E-state index is 13.0. The predicted molar refractivity (Wildman–Crippen MR) is 113 cm³/mol. The SMILES string of the molecule is COc1ccc(N2C(=O)[C@H]3N=NN(CC(=O)Nc4ccc(OC)c(OC)c4)[C@H]3C2=O)cc1. The van der Waals surface area contributed by atoms with Crippen LogP contribution in [0.3, 0.4) is 0 Å². The fraction of sp³-hybridized carbons (Fsp3) is 0.286. The van der Waals surface area contributed by atoms with Crippen LogP contribution < -0.4 is 24.4 Å². The Kier molecular flexibility index (Phi) is 5.63. The van der Waals surface area contributed by atoms with Crippen molar-refractivity contribution in [1.82, 2.24) is 5.01 Å². The lowest BCUT2D eigenvalue weighted by molar-refractivity contribution is -0.123. The summed E-state index contributed by atoms with van der Waals surface area (Å²) in [6, 6.07) is 9.50. The van der Waals surface area contributed by atoms with Gasteiger partial charge in [0, 0.05) is 11.8 Å². The van der Waals surface area contributed by atoms with E-state index in [-0.39, 0.29) is 6.54 Å². The molecule has 11 heteroatoms. The number of nitrogens with zero attached hydrogens (tertiary/aromatic N) is 4.